The van der Waals surface area contributed by atoms with Gasteiger partial charge in [0.15, 0.2) is 0 Å². The van der Waals surface area contributed by atoms with Gasteiger partial charge in [0, 0.05) is 10.2 Å². The minimum absolute atomic E-state index is 0.165. The Balaban J connectivity index is 2.17. The molecule has 116 valence electrons. The molecule has 0 aliphatic rings. The van der Waals surface area contributed by atoms with Gasteiger partial charge in [-0.2, -0.15) is 15.0 Å². The molecule has 0 fully saturated rings. The van der Waals surface area contributed by atoms with Gasteiger partial charge in [-0.15, -0.1) is 0 Å². The van der Waals surface area contributed by atoms with Gasteiger partial charge >= 0.3 is 6.03 Å². The second-order valence-corrected chi connectivity index (χ2v) is 5.74. The standard InChI is InChI=1S/C16H13BrN4O2/c1-10-7-11(2)21(20-10)16(23)19-15(22)13(9-18)8-12-3-5-14(17)6-4-12/h3-8H,1-2H3,(H,19,22,23)/b13-8+. The Morgan fingerprint density at radius 1 is 1.30 bits per heavy atom. The van der Waals surface area contributed by atoms with Crippen molar-refractivity contribution in [1.82, 2.24) is 15.1 Å². The van der Waals surface area contributed by atoms with Crippen molar-refractivity contribution < 1.29 is 9.59 Å². The number of hydrogen-bond donors (Lipinski definition) is 1. The predicted octanol–water partition coefficient (Wildman–Crippen LogP) is 2.95. The van der Waals surface area contributed by atoms with E-state index in [0.717, 1.165) is 9.15 Å². The Labute approximate surface area is 141 Å². The Bertz CT molecular complexity index is 829. The van der Waals surface area contributed by atoms with Crippen LogP contribution in [0.25, 0.3) is 6.08 Å². The number of nitrogens with zero attached hydrogens (tertiary/aromatic N) is 3. The van der Waals surface area contributed by atoms with Gasteiger partial charge in [0.1, 0.15) is 11.6 Å². The first-order valence-corrected chi connectivity index (χ1v) is 7.46. The highest BCUT2D eigenvalue weighted by Crippen LogP contribution is 2.13. The lowest BCUT2D eigenvalue weighted by atomic mass is 10.1. The van der Waals surface area contributed by atoms with Crippen LogP contribution >= 0.6 is 15.9 Å². The highest BCUT2D eigenvalue weighted by Gasteiger charge is 2.16. The number of aromatic nitrogens is 2. The molecule has 1 aromatic carbocycles. The summed E-state index contributed by atoms with van der Waals surface area (Å²) in [5.74, 6) is -0.770. The molecule has 1 aromatic heterocycles. The number of nitrogens with one attached hydrogen (secondary N) is 1. The van der Waals surface area contributed by atoms with E-state index in [1.165, 1.54) is 6.08 Å². The highest BCUT2D eigenvalue weighted by molar-refractivity contribution is 9.10. The molecule has 0 bridgehead atoms. The summed E-state index contributed by atoms with van der Waals surface area (Å²) in [4.78, 5) is 24.1. The van der Waals surface area contributed by atoms with Crippen LogP contribution in [0.3, 0.4) is 0 Å². The largest absolute Gasteiger partial charge is 0.349 e. The second-order valence-electron chi connectivity index (χ2n) is 4.82. The molecule has 2 rings (SSSR count). The molecule has 2 aromatic rings. The number of nitriles is 1. The number of hydrogen-bond acceptors (Lipinski definition) is 4. The van der Waals surface area contributed by atoms with E-state index in [-0.39, 0.29) is 5.57 Å². The maximum atomic E-state index is 12.1. The lowest BCUT2D eigenvalue weighted by Gasteiger charge is -2.04. The zero-order chi connectivity index (χ0) is 17.0. The lowest BCUT2D eigenvalue weighted by Crippen LogP contribution is -2.36. The van der Waals surface area contributed by atoms with Crippen molar-refractivity contribution in [2.45, 2.75) is 13.8 Å². The van der Waals surface area contributed by atoms with Gasteiger partial charge in [0.25, 0.3) is 5.91 Å². The van der Waals surface area contributed by atoms with Gasteiger partial charge in [-0.3, -0.25) is 10.1 Å². The summed E-state index contributed by atoms with van der Waals surface area (Å²) >= 11 is 3.31. The van der Waals surface area contributed by atoms with Crippen LogP contribution in [0.15, 0.2) is 40.4 Å². The molecule has 0 unspecified atom stereocenters. The number of carbonyl (C=O) groups is 2. The van der Waals surface area contributed by atoms with E-state index >= 15 is 0 Å². The van der Waals surface area contributed by atoms with Crippen LogP contribution in [0.1, 0.15) is 17.0 Å². The summed E-state index contributed by atoms with van der Waals surface area (Å²) in [6.45, 7) is 3.44. The van der Waals surface area contributed by atoms with Gasteiger partial charge in [0.2, 0.25) is 0 Å². The predicted molar refractivity (Wildman–Crippen MR) is 88.4 cm³/mol. The number of carbonyl (C=O) groups excluding carboxylic acids is 2. The molecule has 6 nitrogen and oxygen atoms in total. The Morgan fingerprint density at radius 2 is 1.96 bits per heavy atom. The van der Waals surface area contributed by atoms with Crippen molar-refractivity contribution in [2.75, 3.05) is 0 Å². The third-order valence-electron chi connectivity index (χ3n) is 2.97. The Morgan fingerprint density at radius 3 is 2.48 bits per heavy atom. The maximum Gasteiger partial charge on any atom is 0.349 e. The molecule has 23 heavy (non-hydrogen) atoms. The molecule has 7 heteroatoms. The van der Waals surface area contributed by atoms with E-state index in [0.29, 0.717) is 17.0 Å². The number of imide groups is 1. The fourth-order valence-electron chi connectivity index (χ4n) is 1.93. The fourth-order valence-corrected chi connectivity index (χ4v) is 2.19. The van der Waals surface area contributed by atoms with Crippen LogP contribution in [0.4, 0.5) is 4.79 Å². The van der Waals surface area contributed by atoms with Gasteiger partial charge in [0.05, 0.1) is 5.69 Å². The summed E-state index contributed by atoms with van der Waals surface area (Å²) in [5.41, 5.74) is 1.78. The third kappa shape index (κ3) is 4.14. The zero-order valence-electron chi connectivity index (χ0n) is 12.5. The van der Waals surface area contributed by atoms with Crippen molar-refractivity contribution in [2.24, 2.45) is 0 Å². The van der Waals surface area contributed by atoms with Crippen LogP contribution in [0, 0.1) is 25.2 Å². The number of benzene rings is 1. The molecule has 1 heterocycles. The SMILES string of the molecule is Cc1cc(C)n(C(=O)NC(=O)/C(C#N)=C/c2ccc(Br)cc2)n1. The fraction of sp³-hybridized carbons (Fsp3) is 0.125. The van der Waals surface area contributed by atoms with E-state index in [1.807, 2.05) is 0 Å². The molecule has 0 aliphatic heterocycles. The van der Waals surface area contributed by atoms with Crippen LogP contribution in [-0.4, -0.2) is 21.7 Å². The molecule has 0 radical (unpaired) electrons. The summed E-state index contributed by atoms with van der Waals surface area (Å²) < 4.78 is 1.97. The topological polar surface area (TPSA) is 87.8 Å². The minimum atomic E-state index is -0.770. The lowest BCUT2D eigenvalue weighted by molar-refractivity contribution is -0.116. The quantitative estimate of drug-likeness (QED) is 0.648. The Kier molecular flexibility index (Phi) is 5.09. The van der Waals surface area contributed by atoms with Crippen LogP contribution < -0.4 is 5.32 Å². The Hall–Kier alpha value is -2.72. The van der Waals surface area contributed by atoms with Crippen LogP contribution in [0.5, 0.6) is 0 Å². The first-order chi connectivity index (χ1) is 10.9. The monoisotopic (exact) mass is 372 g/mol. The minimum Gasteiger partial charge on any atom is -0.271 e. The zero-order valence-corrected chi connectivity index (χ0v) is 14.1. The first kappa shape index (κ1) is 16.6. The molecular weight excluding hydrogens is 360 g/mol. The van der Waals surface area contributed by atoms with Gasteiger partial charge < -0.3 is 0 Å². The molecule has 1 N–H and O–H groups in total. The van der Waals surface area contributed by atoms with Crippen molar-refractivity contribution in [3.63, 3.8) is 0 Å². The smallest absolute Gasteiger partial charge is 0.271 e. The summed E-state index contributed by atoms with van der Waals surface area (Å²) in [6.07, 6.45) is 1.41. The maximum absolute atomic E-state index is 12.1. The molecule has 0 atom stereocenters. The molecule has 0 aliphatic carbocycles. The number of amides is 2. The van der Waals surface area contributed by atoms with Crippen molar-refractivity contribution in [3.8, 4) is 6.07 Å². The van der Waals surface area contributed by atoms with Crippen molar-refractivity contribution >= 4 is 33.9 Å². The summed E-state index contributed by atoms with van der Waals surface area (Å²) in [5, 5.41) is 15.3. The molecule has 0 saturated carbocycles. The molecule has 0 saturated heterocycles. The van der Waals surface area contributed by atoms with Crippen molar-refractivity contribution in [3.05, 3.63) is 57.3 Å². The van der Waals surface area contributed by atoms with Gasteiger partial charge in [-0.1, -0.05) is 28.1 Å². The normalized spacial score (nSPS) is 11.0. The molecule has 0 spiro atoms. The number of halogens is 1. The second kappa shape index (κ2) is 7.03. The number of aryl methyl sites for hydroxylation is 2. The highest BCUT2D eigenvalue weighted by atomic mass is 79.9. The summed E-state index contributed by atoms with van der Waals surface area (Å²) in [6, 6.07) is 9.89. The van der Waals surface area contributed by atoms with E-state index in [9.17, 15) is 9.59 Å². The first-order valence-electron chi connectivity index (χ1n) is 6.67. The van der Waals surface area contributed by atoms with E-state index in [1.54, 1.807) is 50.2 Å². The van der Waals surface area contributed by atoms with E-state index in [2.05, 4.69) is 26.3 Å². The van der Waals surface area contributed by atoms with Crippen molar-refractivity contribution in [1.29, 1.82) is 5.26 Å². The number of rotatable bonds is 2. The molecule has 2 amide bonds. The van der Waals surface area contributed by atoms with Gasteiger partial charge in [-0.25, -0.2) is 4.79 Å². The molecular formula is C16H13BrN4O2. The van der Waals surface area contributed by atoms with E-state index < -0.39 is 11.9 Å². The summed E-state index contributed by atoms with van der Waals surface area (Å²) in [7, 11) is 0. The van der Waals surface area contributed by atoms with Crippen LogP contribution in [0.2, 0.25) is 0 Å². The average Bonchev–Trinajstić information content (AvgIpc) is 2.85. The van der Waals surface area contributed by atoms with Gasteiger partial charge in [-0.05, 0) is 43.7 Å². The average molecular weight is 373 g/mol. The third-order valence-corrected chi connectivity index (χ3v) is 3.50. The van der Waals surface area contributed by atoms with Crippen LogP contribution in [-0.2, 0) is 4.79 Å². The van der Waals surface area contributed by atoms with E-state index in [4.69, 9.17) is 5.26 Å².